The van der Waals surface area contributed by atoms with Crippen LogP contribution in [0.3, 0.4) is 0 Å². The van der Waals surface area contributed by atoms with Crippen molar-refractivity contribution in [3.05, 3.63) is 5.82 Å². The molecule has 1 aromatic rings. The van der Waals surface area contributed by atoms with Gasteiger partial charge in [-0.2, -0.15) is 5.21 Å². The monoisotopic (exact) mass is 151 g/mol. The summed E-state index contributed by atoms with van der Waals surface area (Å²) in [5.74, 6) is 3.07. The van der Waals surface area contributed by atoms with E-state index in [-0.39, 0.29) is 0 Å². The zero-order chi connectivity index (χ0) is 7.26. The molecule has 0 bridgehead atoms. The number of aromatic nitrogens is 4. The number of nitrogens with zero attached hydrogens (tertiary/aromatic N) is 3. The van der Waals surface area contributed by atoms with Gasteiger partial charge in [0.15, 0.2) is 5.82 Å². The van der Waals surface area contributed by atoms with Gasteiger partial charge in [-0.15, -0.1) is 10.2 Å². The van der Waals surface area contributed by atoms with Gasteiger partial charge in [-0.05, 0) is 24.9 Å². The van der Waals surface area contributed by atoms with E-state index in [0.29, 0.717) is 5.92 Å². The first-order valence-electron chi connectivity index (χ1n) is 3.91. The Morgan fingerprint density at radius 1 is 1.27 bits per heavy atom. The number of tetrazole rings is 1. The lowest BCUT2D eigenvalue weighted by Gasteiger charge is -1.97. The van der Waals surface area contributed by atoms with Crippen LogP contribution in [0.1, 0.15) is 11.7 Å². The van der Waals surface area contributed by atoms with E-state index in [0.717, 1.165) is 30.7 Å². The maximum absolute atomic E-state index is 3.99. The first-order valence-corrected chi connectivity index (χ1v) is 3.91. The van der Waals surface area contributed by atoms with Gasteiger partial charge < -0.3 is 5.32 Å². The van der Waals surface area contributed by atoms with Crippen LogP contribution in [-0.4, -0.2) is 33.7 Å². The number of fused-ring (bicyclic) bond motifs is 1. The molecule has 1 aliphatic carbocycles. The van der Waals surface area contributed by atoms with Crippen molar-refractivity contribution < 1.29 is 0 Å². The highest BCUT2D eigenvalue weighted by Crippen LogP contribution is 2.54. The summed E-state index contributed by atoms with van der Waals surface area (Å²) >= 11 is 0. The Hall–Kier alpha value is -0.970. The van der Waals surface area contributed by atoms with Crippen LogP contribution in [0.5, 0.6) is 0 Å². The predicted molar refractivity (Wildman–Crippen MR) is 36.8 cm³/mol. The van der Waals surface area contributed by atoms with Gasteiger partial charge in [0.05, 0.1) is 0 Å². The van der Waals surface area contributed by atoms with Crippen LogP contribution in [0, 0.1) is 11.8 Å². The third-order valence-corrected chi connectivity index (χ3v) is 2.75. The molecule has 5 nitrogen and oxygen atoms in total. The second-order valence-corrected chi connectivity index (χ2v) is 3.28. The Balaban J connectivity index is 1.85. The van der Waals surface area contributed by atoms with Gasteiger partial charge in [0.2, 0.25) is 0 Å². The molecular weight excluding hydrogens is 142 g/mol. The van der Waals surface area contributed by atoms with E-state index in [1.165, 1.54) is 0 Å². The fraction of sp³-hybridized carbons (Fsp3) is 0.833. The lowest BCUT2D eigenvalue weighted by molar-refractivity contribution is 0.662. The minimum atomic E-state index is 0.593. The quantitative estimate of drug-likeness (QED) is 0.547. The maximum atomic E-state index is 3.99. The molecule has 0 aromatic carbocycles. The Kier molecular flexibility index (Phi) is 0.920. The van der Waals surface area contributed by atoms with Gasteiger partial charge in [-0.1, -0.05) is 5.21 Å². The van der Waals surface area contributed by atoms with Crippen LogP contribution in [0.2, 0.25) is 0 Å². The summed E-state index contributed by atoms with van der Waals surface area (Å²) in [6.45, 7) is 2.26. The zero-order valence-corrected chi connectivity index (χ0v) is 5.99. The van der Waals surface area contributed by atoms with Crippen molar-refractivity contribution >= 4 is 0 Å². The minimum Gasteiger partial charge on any atom is -0.316 e. The summed E-state index contributed by atoms with van der Waals surface area (Å²) in [4.78, 5) is 0. The molecule has 2 N–H and O–H groups in total. The Morgan fingerprint density at radius 2 is 2.09 bits per heavy atom. The second-order valence-electron chi connectivity index (χ2n) is 3.28. The maximum Gasteiger partial charge on any atom is 0.178 e. The number of hydrogen-bond donors (Lipinski definition) is 2. The fourth-order valence-corrected chi connectivity index (χ4v) is 2.11. The average molecular weight is 151 g/mol. The van der Waals surface area contributed by atoms with E-state index >= 15 is 0 Å². The van der Waals surface area contributed by atoms with Crippen LogP contribution < -0.4 is 5.32 Å². The molecule has 5 heteroatoms. The van der Waals surface area contributed by atoms with E-state index < -0.39 is 0 Å². The standard InChI is InChI=1S/C6H9N5/c1-3-4(2-7-1)5(3)6-8-10-11-9-6/h3-5,7H,1-2H2,(H,8,9,10,11)/t3-,4+,5?. The van der Waals surface area contributed by atoms with E-state index in [9.17, 15) is 0 Å². The summed E-state index contributed by atoms with van der Waals surface area (Å²) in [5.41, 5.74) is 0. The number of aromatic amines is 1. The summed E-state index contributed by atoms with van der Waals surface area (Å²) < 4.78 is 0. The summed E-state index contributed by atoms with van der Waals surface area (Å²) in [6.07, 6.45) is 0. The molecule has 2 aliphatic rings. The van der Waals surface area contributed by atoms with Crippen LogP contribution in [-0.2, 0) is 0 Å². The minimum absolute atomic E-state index is 0.593. The largest absolute Gasteiger partial charge is 0.316 e. The molecule has 0 amide bonds. The second kappa shape index (κ2) is 1.79. The molecule has 3 rings (SSSR count). The third kappa shape index (κ3) is 0.659. The van der Waals surface area contributed by atoms with Gasteiger partial charge >= 0.3 is 0 Å². The van der Waals surface area contributed by atoms with E-state index in [1.54, 1.807) is 0 Å². The molecule has 11 heavy (non-hydrogen) atoms. The molecule has 1 unspecified atom stereocenters. The van der Waals surface area contributed by atoms with Gasteiger partial charge in [-0.25, -0.2) is 0 Å². The molecule has 2 heterocycles. The number of H-pyrrole nitrogens is 1. The summed E-state index contributed by atoms with van der Waals surface area (Å²) in [7, 11) is 0. The molecule has 1 saturated carbocycles. The van der Waals surface area contributed by atoms with Crippen LogP contribution in [0.25, 0.3) is 0 Å². The van der Waals surface area contributed by atoms with Crippen molar-refractivity contribution in [1.82, 2.24) is 25.9 Å². The lowest BCUT2D eigenvalue weighted by Crippen LogP contribution is -2.14. The first-order chi connectivity index (χ1) is 5.47. The number of piperidine rings is 1. The van der Waals surface area contributed by atoms with Crippen LogP contribution in [0.4, 0.5) is 0 Å². The van der Waals surface area contributed by atoms with Gasteiger partial charge in [0, 0.05) is 5.92 Å². The number of rotatable bonds is 1. The smallest absolute Gasteiger partial charge is 0.178 e. The van der Waals surface area contributed by atoms with Gasteiger partial charge in [-0.3, -0.25) is 0 Å². The summed E-state index contributed by atoms with van der Waals surface area (Å²) in [5, 5.41) is 17.3. The number of hydrogen-bond acceptors (Lipinski definition) is 4. The number of nitrogens with one attached hydrogen (secondary N) is 2. The molecule has 58 valence electrons. The molecule has 1 aliphatic heterocycles. The molecule has 3 atom stereocenters. The highest BCUT2D eigenvalue weighted by atomic mass is 15.5. The van der Waals surface area contributed by atoms with E-state index in [4.69, 9.17) is 0 Å². The van der Waals surface area contributed by atoms with E-state index in [1.807, 2.05) is 0 Å². The van der Waals surface area contributed by atoms with Crippen LogP contribution in [0.15, 0.2) is 0 Å². The van der Waals surface area contributed by atoms with Crippen molar-refractivity contribution in [3.8, 4) is 0 Å². The van der Waals surface area contributed by atoms with Crippen molar-refractivity contribution in [2.24, 2.45) is 11.8 Å². The topological polar surface area (TPSA) is 66.5 Å². The van der Waals surface area contributed by atoms with Crippen molar-refractivity contribution in [1.29, 1.82) is 0 Å². The lowest BCUT2D eigenvalue weighted by atomic mass is 10.3. The Morgan fingerprint density at radius 3 is 2.73 bits per heavy atom. The highest BCUT2D eigenvalue weighted by molar-refractivity contribution is 5.17. The first kappa shape index (κ1) is 5.65. The van der Waals surface area contributed by atoms with Crippen molar-refractivity contribution in [2.75, 3.05) is 13.1 Å². The van der Waals surface area contributed by atoms with Gasteiger partial charge in [0.25, 0.3) is 0 Å². The molecular formula is C6H9N5. The van der Waals surface area contributed by atoms with Crippen LogP contribution >= 0.6 is 0 Å². The van der Waals surface area contributed by atoms with Crippen molar-refractivity contribution in [2.45, 2.75) is 5.92 Å². The highest BCUT2D eigenvalue weighted by Gasteiger charge is 2.55. The summed E-state index contributed by atoms with van der Waals surface area (Å²) in [6, 6.07) is 0. The van der Waals surface area contributed by atoms with Crippen molar-refractivity contribution in [3.63, 3.8) is 0 Å². The third-order valence-electron chi connectivity index (χ3n) is 2.75. The molecule has 1 saturated heterocycles. The molecule has 2 fully saturated rings. The van der Waals surface area contributed by atoms with E-state index in [2.05, 4.69) is 25.9 Å². The Labute approximate surface area is 63.6 Å². The zero-order valence-electron chi connectivity index (χ0n) is 5.99. The predicted octanol–water partition coefficient (Wildman–Crippen LogP) is -0.868. The Bertz CT molecular complexity index is 246. The fourth-order valence-electron chi connectivity index (χ4n) is 2.11. The average Bonchev–Trinajstić information content (AvgIpc) is 2.57. The molecule has 1 aromatic heterocycles. The molecule has 0 radical (unpaired) electrons. The van der Waals surface area contributed by atoms with Gasteiger partial charge in [0.1, 0.15) is 0 Å². The SMILES string of the molecule is C1NC[C@H]2C(c3nn[nH]n3)[C@@H]12. The normalized spacial score (nSPS) is 40.5. The molecule has 0 spiro atoms.